The van der Waals surface area contributed by atoms with Crippen molar-refractivity contribution in [3.05, 3.63) is 30.6 Å². The van der Waals surface area contributed by atoms with E-state index in [1.54, 1.807) is 11.8 Å². The Hall–Kier alpha value is -2.13. The predicted molar refractivity (Wildman–Crippen MR) is 105 cm³/mol. The molecule has 0 saturated carbocycles. The van der Waals surface area contributed by atoms with Crippen molar-refractivity contribution < 1.29 is 5.11 Å². The van der Waals surface area contributed by atoms with Gasteiger partial charge in [0.1, 0.15) is 5.69 Å². The third-order valence-corrected chi connectivity index (χ3v) is 5.57. The standard InChI is InChI=1S/C18H22N6OS/c19-4-6-22-13-1-2-14-16-17(23-24(14)9-7-20-8-10-25)12-11-21-5-3-15(12)26-18(13)16/h1-3,5,11,20,22,25H,4,6-10,19H2. The maximum Gasteiger partial charge on any atom is 0.104 e. The van der Waals surface area contributed by atoms with Crippen LogP contribution < -0.4 is 16.4 Å². The SMILES string of the molecule is NCCNc1ccc2c3c(nn2CCNCCO)-c2cnccc2Sc13. The molecule has 1 aliphatic heterocycles. The number of aromatic nitrogens is 3. The zero-order valence-corrected chi connectivity index (χ0v) is 15.2. The second kappa shape index (κ2) is 7.63. The van der Waals surface area contributed by atoms with E-state index in [2.05, 4.69) is 27.8 Å². The van der Waals surface area contributed by atoms with Crippen LogP contribution in [-0.4, -0.2) is 52.7 Å². The van der Waals surface area contributed by atoms with E-state index < -0.39 is 0 Å². The Bertz CT molecular complexity index is 925. The normalized spacial score (nSPS) is 12.4. The van der Waals surface area contributed by atoms with Crippen LogP contribution in [0.25, 0.3) is 22.2 Å². The molecular weight excluding hydrogens is 348 g/mol. The highest BCUT2D eigenvalue weighted by Gasteiger charge is 2.26. The monoisotopic (exact) mass is 370 g/mol. The van der Waals surface area contributed by atoms with Crippen molar-refractivity contribution in [1.82, 2.24) is 20.1 Å². The van der Waals surface area contributed by atoms with Crippen molar-refractivity contribution in [1.29, 1.82) is 0 Å². The molecule has 2 aromatic heterocycles. The summed E-state index contributed by atoms with van der Waals surface area (Å²) in [6.45, 7) is 3.55. The minimum Gasteiger partial charge on any atom is -0.395 e. The maximum absolute atomic E-state index is 8.92. The Morgan fingerprint density at radius 2 is 2.12 bits per heavy atom. The Labute approximate surface area is 156 Å². The second-order valence-corrected chi connectivity index (χ2v) is 7.12. The molecule has 0 radical (unpaired) electrons. The van der Waals surface area contributed by atoms with Crippen molar-refractivity contribution in [2.75, 3.05) is 38.1 Å². The van der Waals surface area contributed by atoms with Gasteiger partial charge in [0.25, 0.3) is 0 Å². The van der Waals surface area contributed by atoms with E-state index in [9.17, 15) is 0 Å². The quantitative estimate of drug-likeness (QED) is 0.349. The molecule has 136 valence electrons. The number of fused-ring (bicyclic) bond motifs is 2. The van der Waals surface area contributed by atoms with Gasteiger partial charge in [0.05, 0.1) is 18.7 Å². The molecule has 0 aliphatic carbocycles. The molecule has 26 heavy (non-hydrogen) atoms. The molecule has 5 N–H and O–H groups in total. The summed E-state index contributed by atoms with van der Waals surface area (Å²) in [4.78, 5) is 6.65. The predicted octanol–water partition coefficient (Wildman–Crippen LogP) is 1.52. The van der Waals surface area contributed by atoms with Crippen LogP contribution in [-0.2, 0) is 6.54 Å². The van der Waals surface area contributed by atoms with Crippen LogP contribution in [0.15, 0.2) is 40.4 Å². The number of nitrogens with one attached hydrogen (secondary N) is 2. The van der Waals surface area contributed by atoms with Crippen LogP contribution in [0.1, 0.15) is 0 Å². The Morgan fingerprint density at radius 3 is 2.96 bits per heavy atom. The van der Waals surface area contributed by atoms with Crippen LogP contribution in [0.5, 0.6) is 0 Å². The molecule has 0 amide bonds. The Kier molecular flexibility index (Phi) is 5.07. The highest BCUT2D eigenvalue weighted by molar-refractivity contribution is 8.00. The molecule has 1 aromatic carbocycles. The van der Waals surface area contributed by atoms with E-state index in [4.69, 9.17) is 15.9 Å². The minimum atomic E-state index is 0.140. The smallest absolute Gasteiger partial charge is 0.104 e. The number of pyridine rings is 1. The third-order valence-electron chi connectivity index (χ3n) is 4.37. The largest absolute Gasteiger partial charge is 0.395 e. The van der Waals surface area contributed by atoms with E-state index in [1.807, 2.05) is 23.1 Å². The zero-order chi connectivity index (χ0) is 17.9. The van der Waals surface area contributed by atoms with Gasteiger partial charge in [-0.15, -0.1) is 0 Å². The summed E-state index contributed by atoms with van der Waals surface area (Å²) in [5, 5.41) is 21.6. The van der Waals surface area contributed by atoms with Gasteiger partial charge >= 0.3 is 0 Å². The molecule has 8 heteroatoms. The highest BCUT2D eigenvalue weighted by Crippen LogP contribution is 2.49. The fraction of sp³-hybridized carbons (Fsp3) is 0.333. The lowest BCUT2D eigenvalue weighted by molar-refractivity contribution is 0.291. The van der Waals surface area contributed by atoms with Gasteiger partial charge in [-0.3, -0.25) is 9.67 Å². The first-order valence-corrected chi connectivity index (χ1v) is 9.56. The Balaban J connectivity index is 1.80. The zero-order valence-electron chi connectivity index (χ0n) is 14.4. The fourth-order valence-electron chi connectivity index (χ4n) is 3.20. The van der Waals surface area contributed by atoms with Crippen LogP contribution >= 0.6 is 11.8 Å². The number of nitrogens with two attached hydrogens (primary N) is 1. The lowest BCUT2D eigenvalue weighted by atomic mass is 10.1. The summed E-state index contributed by atoms with van der Waals surface area (Å²) in [7, 11) is 0. The summed E-state index contributed by atoms with van der Waals surface area (Å²) < 4.78 is 2.04. The van der Waals surface area contributed by atoms with E-state index in [0.29, 0.717) is 13.1 Å². The van der Waals surface area contributed by atoms with Crippen molar-refractivity contribution in [2.45, 2.75) is 16.3 Å². The molecule has 4 rings (SSSR count). The van der Waals surface area contributed by atoms with Crippen molar-refractivity contribution in [2.24, 2.45) is 5.73 Å². The highest BCUT2D eigenvalue weighted by atomic mass is 32.2. The van der Waals surface area contributed by atoms with Crippen molar-refractivity contribution in [3.63, 3.8) is 0 Å². The van der Waals surface area contributed by atoms with Gasteiger partial charge in [-0.2, -0.15) is 5.10 Å². The molecule has 0 fully saturated rings. The molecule has 0 unspecified atom stereocenters. The lowest BCUT2D eigenvalue weighted by Gasteiger charge is -2.18. The molecular formula is C18H22N6OS. The average Bonchev–Trinajstić information content (AvgIpc) is 3.05. The molecule has 0 bridgehead atoms. The third kappa shape index (κ3) is 3.05. The number of benzene rings is 1. The number of rotatable bonds is 8. The van der Waals surface area contributed by atoms with Crippen molar-refractivity contribution in [3.8, 4) is 11.3 Å². The van der Waals surface area contributed by atoms with Crippen LogP contribution in [0.2, 0.25) is 0 Å². The Morgan fingerprint density at radius 1 is 1.19 bits per heavy atom. The van der Waals surface area contributed by atoms with Gasteiger partial charge < -0.3 is 21.5 Å². The van der Waals surface area contributed by atoms with Crippen molar-refractivity contribution >= 4 is 28.4 Å². The van der Waals surface area contributed by atoms with E-state index in [-0.39, 0.29) is 6.61 Å². The first kappa shape index (κ1) is 17.3. The van der Waals surface area contributed by atoms with E-state index in [1.165, 1.54) is 15.2 Å². The number of hydrogen-bond acceptors (Lipinski definition) is 7. The van der Waals surface area contributed by atoms with Gasteiger partial charge in [-0.1, -0.05) is 11.8 Å². The van der Waals surface area contributed by atoms with Gasteiger partial charge in [0.2, 0.25) is 0 Å². The van der Waals surface area contributed by atoms with E-state index in [0.717, 1.165) is 42.1 Å². The maximum atomic E-state index is 8.92. The average molecular weight is 370 g/mol. The van der Waals surface area contributed by atoms with Gasteiger partial charge in [0.15, 0.2) is 0 Å². The molecule has 3 aromatic rings. The second-order valence-electron chi connectivity index (χ2n) is 6.07. The molecule has 3 heterocycles. The number of aliphatic hydroxyl groups is 1. The summed E-state index contributed by atoms with van der Waals surface area (Å²) in [5.41, 5.74) is 9.93. The number of anilines is 1. The van der Waals surface area contributed by atoms with Crippen LogP contribution in [0.4, 0.5) is 5.69 Å². The number of aliphatic hydroxyl groups excluding tert-OH is 1. The molecule has 0 spiro atoms. The topological polar surface area (TPSA) is 101 Å². The van der Waals surface area contributed by atoms with Crippen LogP contribution in [0, 0.1) is 0 Å². The first-order valence-electron chi connectivity index (χ1n) is 8.74. The van der Waals surface area contributed by atoms with E-state index >= 15 is 0 Å². The van der Waals surface area contributed by atoms with Gasteiger partial charge in [0, 0.05) is 65.0 Å². The van der Waals surface area contributed by atoms with Gasteiger partial charge in [-0.05, 0) is 18.2 Å². The summed E-state index contributed by atoms with van der Waals surface area (Å²) >= 11 is 1.75. The number of nitrogens with zero attached hydrogens (tertiary/aromatic N) is 3. The first-order chi connectivity index (χ1) is 12.8. The summed E-state index contributed by atoms with van der Waals surface area (Å²) in [5.74, 6) is 0. The fourth-order valence-corrected chi connectivity index (χ4v) is 4.36. The molecule has 7 nitrogen and oxygen atoms in total. The molecule has 0 atom stereocenters. The minimum absolute atomic E-state index is 0.140. The molecule has 0 saturated heterocycles. The summed E-state index contributed by atoms with van der Waals surface area (Å²) in [6, 6.07) is 6.26. The lowest BCUT2D eigenvalue weighted by Crippen LogP contribution is -2.23. The van der Waals surface area contributed by atoms with Gasteiger partial charge in [-0.25, -0.2) is 0 Å². The number of hydrogen-bond donors (Lipinski definition) is 4. The van der Waals surface area contributed by atoms with Crippen LogP contribution in [0.3, 0.4) is 0 Å². The summed E-state index contributed by atoms with van der Waals surface area (Å²) in [6.07, 6.45) is 3.71. The molecule has 1 aliphatic rings.